The van der Waals surface area contributed by atoms with Gasteiger partial charge in [0.2, 0.25) is 5.91 Å². The van der Waals surface area contributed by atoms with Crippen LogP contribution in [-0.4, -0.2) is 46.2 Å². The molecule has 5 heteroatoms. The van der Waals surface area contributed by atoms with Crippen molar-refractivity contribution >= 4 is 11.9 Å². The number of carboxylic acids is 1. The van der Waals surface area contributed by atoms with E-state index in [0.717, 1.165) is 25.7 Å². The van der Waals surface area contributed by atoms with E-state index in [1.54, 1.807) is 0 Å². The average molecular weight is 263 g/mol. The van der Waals surface area contributed by atoms with Gasteiger partial charge in [0.1, 0.15) is 11.5 Å². The van der Waals surface area contributed by atoms with Crippen molar-refractivity contribution in [3.8, 4) is 0 Å². The van der Waals surface area contributed by atoms with Gasteiger partial charge in [-0.3, -0.25) is 9.59 Å². The van der Waals surface area contributed by atoms with Gasteiger partial charge in [-0.1, -0.05) is 25.0 Å². The van der Waals surface area contributed by atoms with Gasteiger partial charge >= 0.3 is 5.97 Å². The molecule has 4 rings (SSSR count). The van der Waals surface area contributed by atoms with Gasteiger partial charge in [-0.25, -0.2) is 0 Å². The van der Waals surface area contributed by atoms with Crippen LogP contribution in [0.15, 0.2) is 12.2 Å². The number of hydrogen-bond donors (Lipinski definition) is 1. The molecule has 19 heavy (non-hydrogen) atoms. The van der Waals surface area contributed by atoms with Gasteiger partial charge in [-0.2, -0.15) is 0 Å². The molecule has 1 spiro atoms. The third-order valence-corrected chi connectivity index (χ3v) is 5.18. The summed E-state index contributed by atoms with van der Waals surface area (Å²) in [6.07, 6.45) is 7.73. The molecule has 0 aromatic rings. The van der Waals surface area contributed by atoms with Crippen molar-refractivity contribution in [2.45, 2.75) is 43.4 Å². The molecule has 5 nitrogen and oxygen atoms in total. The predicted molar refractivity (Wildman–Crippen MR) is 65.3 cm³/mol. The zero-order chi connectivity index (χ0) is 13.2. The standard InChI is InChI=1S/C14H17NO4/c16-12-11-10(13(17)18)9-5-6-14(11,19-9)7-15(12)8-3-1-2-4-8/h5-6,8-11H,1-4,7H2,(H,17,18)/t9-,10+,11-,14+/m1/s1. The van der Waals surface area contributed by atoms with Crippen molar-refractivity contribution in [2.24, 2.45) is 11.8 Å². The van der Waals surface area contributed by atoms with E-state index < -0.39 is 29.5 Å². The van der Waals surface area contributed by atoms with E-state index in [1.165, 1.54) is 0 Å². The molecule has 1 amide bonds. The van der Waals surface area contributed by atoms with Crippen molar-refractivity contribution < 1.29 is 19.4 Å². The van der Waals surface area contributed by atoms with E-state index in [2.05, 4.69) is 0 Å². The molecular weight excluding hydrogens is 246 g/mol. The Morgan fingerprint density at radius 2 is 2.16 bits per heavy atom. The normalized spacial score (nSPS) is 44.3. The van der Waals surface area contributed by atoms with E-state index >= 15 is 0 Å². The fourth-order valence-corrected chi connectivity index (χ4v) is 4.34. The van der Waals surface area contributed by atoms with Gasteiger partial charge in [0.15, 0.2) is 0 Å². The third kappa shape index (κ3) is 1.34. The van der Waals surface area contributed by atoms with Gasteiger partial charge in [0.25, 0.3) is 0 Å². The van der Waals surface area contributed by atoms with Crippen molar-refractivity contribution in [3.63, 3.8) is 0 Å². The van der Waals surface area contributed by atoms with Gasteiger partial charge in [0, 0.05) is 6.04 Å². The molecular formula is C14H17NO4. The minimum atomic E-state index is -0.914. The highest BCUT2D eigenvalue weighted by Gasteiger charge is 2.67. The molecule has 1 saturated carbocycles. The number of carbonyl (C=O) groups excluding carboxylic acids is 1. The number of ether oxygens (including phenoxy) is 1. The molecule has 3 aliphatic heterocycles. The summed E-state index contributed by atoms with van der Waals surface area (Å²) < 4.78 is 5.86. The van der Waals surface area contributed by atoms with E-state index in [-0.39, 0.29) is 11.9 Å². The number of fused-ring (bicyclic) bond motifs is 1. The number of nitrogens with zero attached hydrogens (tertiary/aromatic N) is 1. The summed E-state index contributed by atoms with van der Waals surface area (Å²) in [7, 11) is 0. The lowest BCUT2D eigenvalue weighted by molar-refractivity contribution is -0.148. The SMILES string of the molecule is O=C(O)[C@H]1[C@H]2C=C[C@@]3(CN(C4CCCC4)C(=O)[C@@H]13)O2. The Labute approximate surface area is 111 Å². The zero-order valence-corrected chi connectivity index (χ0v) is 10.6. The summed E-state index contributed by atoms with van der Waals surface area (Å²) in [5.74, 6) is -2.14. The Balaban J connectivity index is 1.69. The number of hydrogen-bond acceptors (Lipinski definition) is 3. The summed E-state index contributed by atoms with van der Waals surface area (Å²) in [4.78, 5) is 25.9. The monoisotopic (exact) mass is 263 g/mol. The van der Waals surface area contributed by atoms with E-state index in [0.29, 0.717) is 6.54 Å². The van der Waals surface area contributed by atoms with Crippen molar-refractivity contribution in [1.82, 2.24) is 4.90 Å². The summed E-state index contributed by atoms with van der Waals surface area (Å²) in [6.45, 7) is 0.540. The quantitative estimate of drug-likeness (QED) is 0.748. The molecule has 0 radical (unpaired) electrons. The molecule has 0 aromatic carbocycles. The molecule has 3 heterocycles. The third-order valence-electron chi connectivity index (χ3n) is 5.18. The van der Waals surface area contributed by atoms with E-state index in [1.807, 2.05) is 17.1 Å². The Hall–Kier alpha value is -1.36. The second kappa shape index (κ2) is 3.60. The van der Waals surface area contributed by atoms with Crippen LogP contribution in [0.5, 0.6) is 0 Å². The van der Waals surface area contributed by atoms with Gasteiger partial charge in [0.05, 0.1) is 18.6 Å². The Kier molecular flexibility index (Phi) is 2.17. The van der Waals surface area contributed by atoms with Crippen LogP contribution in [0.1, 0.15) is 25.7 Å². The van der Waals surface area contributed by atoms with Crippen LogP contribution < -0.4 is 0 Å². The first-order valence-corrected chi connectivity index (χ1v) is 7.03. The zero-order valence-electron chi connectivity index (χ0n) is 10.6. The largest absolute Gasteiger partial charge is 0.481 e. The molecule has 4 atom stereocenters. The molecule has 2 bridgehead atoms. The molecule has 4 aliphatic rings. The van der Waals surface area contributed by atoms with Crippen LogP contribution in [-0.2, 0) is 14.3 Å². The molecule has 0 unspecified atom stereocenters. The smallest absolute Gasteiger partial charge is 0.310 e. The van der Waals surface area contributed by atoms with Crippen LogP contribution in [0, 0.1) is 11.8 Å². The van der Waals surface area contributed by atoms with Crippen LogP contribution in [0.25, 0.3) is 0 Å². The van der Waals surface area contributed by atoms with Gasteiger partial charge in [-0.05, 0) is 12.8 Å². The Bertz CT molecular complexity index is 482. The highest BCUT2D eigenvalue weighted by atomic mass is 16.5. The molecule has 0 aromatic heterocycles. The summed E-state index contributed by atoms with van der Waals surface area (Å²) in [6, 6.07) is 0.290. The maximum absolute atomic E-state index is 12.6. The molecule has 102 valence electrons. The highest BCUT2D eigenvalue weighted by molar-refractivity contribution is 5.91. The average Bonchev–Trinajstić information content (AvgIpc) is 3.09. The molecule has 3 fully saturated rings. The predicted octanol–water partition coefficient (Wildman–Crippen LogP) is 0.796. The minimum Gasteiger partial charge on any atom is -0.481 e. The number of aliphatic carboxylic acids is 1. The van der Waals surface area contributed by atoms with Crippen LogP contribution in [0.2, 0.25) is 0 Å². The van der Waals surface area contributed by atoms with Crippen LogP contribution in [0.4, 0.5) is 0 Å². The lowest BCUT2D eigenvalue weighted by Gasteiger charge is -2.26. The first kappa shape index (κ1) is 11.5. The highest BCUT2D eigenvalue weighted by Crippen LogP contribution is 2.52. The summed E-state index contributed by atoms with van der Waals surface area (Å²) in [5, 5.41) is 9.36. The first-order chi connectivity index (χ1) is 9.12. The molecule has 1 aliphatic carbocycles. The lowest BCUT2D eigenvalue weighted by atomic mass is 9.77. The Morgan fingerprint density at radius 3 is 2.84 bits per heavy atom. The number of carboxylic acid groups (broad SMARTS) is 1. The molecule has 2 saturated heterocycles. The van der Waals surface area contributed by atoms with Crippen LogP contribution >= 0.6 is 0 Å². The maximum Gasteiger partial charge on any atom is 0.310 e. The van der Waals surface area contributed by atoms with Gasteiger partial charge < -0.3 is 14.7 Å². The number of likely N-dealkylation sites (tertiary alicyclic amines) is 1. The lowest BCUT2D eigenvalue weighted by Crippen LogP contribution is -2.40. The van der Waals surface area contributed by atoms with Gasteiger partial charge in [-0.15, -0.1) is 0 Å². The first-order valence-electron chi connectivity index (χ1n) is 7.03. The number of amides is 1. The topological polar surface area (TPSA) is 66.8 Å². The fourth-order valence-electron chi connectivity index (χ4n) is 4.34. The fraction of sp³-hybridized carbons (Fsp3) is 0.714. The number of carbonyl (C=O) groups is 2. The van der Waals surface area contributed by atoms with E-state index in [9.17, 15) is 14.7 Å². The minimum absolute atomic E-state index is 0.00819. The summed E-state index contributed by atoms with van der Waals surface area (Å²) in [5.41, 5.74) is -0.659. The van der Waals surface area contributed by atoms with Crippen molar-refractivity contribution in [2.75, 3.05) is 6.54 Å². The second-order valence-corrected chi connectivity index (χ2v) is 6.14. The van der Waals surface area contributed by atoms with Crippen molar-refractivity contribution in [1.29, 1.82) is 0 Å². The maximum atomic E-state index is 12.6. The van der Waals surface area contributed by atoms with E-state index in [4.69, 9.17) is 4.74 Å². The summed E-state index contributed by atoms with van der Waals surface area (Å²) >= 11 is 0. The number of rotatable bonds is 2. The second-order valence-electron chi connectivity index (χ2n) is 6.14. The Morgan fingerprint density at radius 1 is 1.42 bits per heavy atom. The van der Waals surface area contributed by atoms with Crippen molar-refractivity contribution in [3.05, 3.63) is 12.2 Å². The van der Waals surface area contributed by atoms with Crippen LogP contribution in [0.3, 0.4) is 0 Å². The molecule has 1 N–H and O–H groups in total.